The van der Waals surface area contributed by atoms with Crippen LogP contribution in [0.4, 0.5) is 11.4 Å². The molecular weight excluding hydrogens is 678 g/mol. The highest BCUT2D eigenvalue weighted by Crippen LogP contribution is 2.54. The van der Waals surface area contributed by atoms with Gasteiger partial charge in [0.15, 0.2) is 0 Å². The first-order chi connectivity index (χ1) is 19.2. The van der Waals surface area contributed by atoms with Gasteiger partial charge >= 0.3 is 4.87 Å². The van der Waals surface area contributed by atoms with E-state index < -0.39 is 17.1 Å². The Hall–Kier alpha value is -2.99. The highest BCUT2D eigenvalue weighted by atomic mass is 79.9. The molecule has 0 bridgehead atoms. The molecule has 3 atom stereocenters. The second kappa shape index (κ2) is 10.8. The van der Waals surface area contributed by atoms with Crippen LogP contribution in [0.3, 0.4) is 0 Å². The zero-order chi connectivity index (χ0) is 28.1. The molecule has 0 saturated carbocycles. The van der Waals surface area contributed by atoms with Crippen molar-refractivity contribution in [2.24, 2.45) is 5.92 Å². The van der Waals surface area contributed by atoms with Crippen LogP contribution in [0.2, 0.25) is 0 Å². The Morgan fingerprint density at radius 2 is 1.68 bits per heavy atom. The van der Waals surface area contributed by atoms with Gasteiger partial charge < -0.3 is 5.32 Å². The second-order valence-corrected chi connectivity index (χ2v) is 13.6. The third-order valence-electron chi connectivity index (χ3n) is 6.95. The third-order valence-corrected chi connectivity index (χ3v) is 10.6. The zero-order valence-electron chi connectivity index (χ0n) is 21.0. The molecule has 0 aliphatic carbocycles. The average molecular weight is 699 g/mol. The van der Waals surface area contributed by atoms with E-state index in [4.69, 9.17) is 0 Å². The first-order valence-corrected chi connectivity index (χ1v) is 15.6. The number of thioether (sulfide) groups is 1. The van der Waals surface area contributed by atoms with E-state index in [0.717, 1.165) is 31.4 Å². The number of anilines is 2. The molecule has 1 aromatic heterocycles. The quantitative estimate of drug-likeness (QED) is 0.252. The summed E-state index contributed by atoms with van der Waals surface area (Å²) in [4.78, 5) is 55.7. The number of aromatic nitrogens is 1. The molecule has 2 aliphatic heterocycles. The normalized spacial score (nSPS) is 19.9. The maximum atomic E-state index is 13.9. The number of aryl methyl sites for hydroxylation is 1. The summed E-state index contributed by atoms with van der Waals surface area (Å²) in [6, 6.07) is 22.1. The highest BCUT2D eigenvalue weighted by molar-refractivity contribution is 9.10. The summed E-state index contributed by atoms with van der Waals surface area (Å²) in [7, 11) is 0. The largest absolute Gasteiger partial charge is 0.325 e. The molecule has 0 spiro atoms. The van der Waals surface area contributed by atoms with E-state index in [1.807, 2.05) is 49.4 Å². The molecule has 4 aromatic rings. The standard InChI is InChI=1S/C29H21Br2N3O4S2/c1-15-4-2-7-19(12-15)32-21(35)14-33-28-25(40-29(33)38)22(16-5-3-6-18(31)13-16)23-24(39-28)27(37)34(26(23)36)20-10-8-17(30)9-11-20/h2-13,22-24H,14H2,1H3,(H,32,35). The summed E-state index contributed by atoms with van der Waals surface area (Å²) in [6.07, 6.45) is 0. The minimum absolute atomic E-state index is 0.202. The monoisotopic (exact) mass is 697 g/mol. The van der Waals surface area contributed by atoms with Gasteiger partial charge in [0.05, 0.1) is 16.6 Å². The summed E-state index contributed by atoms with van der Waals surface area (Å²) in [6.45, 7) is 1.73. The van der Waals surface area contributed by atoms with Crippen molar-refractivity contribution in [3.8, 4) is 0 Å². The van der Waals surface area contributed by atoms with Crippen LogP contribution >= 0.6 is 55.0 Å². The Morgan fingerprint density at radius 3 is 2.40 bits per heavy atom. The number of carbonyl (C=O) groups excluding carboxylic acids is 3. The van der Waals surface area contributed by atoms with Crippen molar-refractivity contribution < 1.29 is 14.4 Å². The molecule has 0 radical (unpaired) electrons. The molecule has 2 aliphatic rings. The number of nitrogens with one attached hydrogen (secondary N) is 1. The molecule has 3 heterocycles. The summed E-state index contributed by atoms with van der Waals surface area (Å²) >= 11 is 9.16. The molecule has 40 heavy (non-hydrogen) atoms. The van der Waals surface area contributed by atoms with Crippen molar-refractivity contribution in [3.63, 3.8) is 0 Å². The smallest absolute Gasteiger partial charge is 0.308 e. The van der Waals surface area contributed by atoms with E-state index in [1.165, 1.54) is 21.2 Å². The lowest BCUT2D eigenvalue weighted by Gasteiger charge is -2.30. The number of amides is 3. The molecule has 1 N–H and O–H groups in total. The van der Waals surface area contributed by atoms with Gasteiger partial charge in [0.1, 0.15) is 11.8 Å². The number of imide groups is 1. The minimum Gasteiger partial charge on any atom is -0.325 e. The predicted molar refractivity (Wildman–Crippen MR) is 164 cm³/mol. The highest BCUT2D eigenvalue weighted by Gasteiger charge is 2.56. The lowest BCUT2D eigenvalue weighted by molar-refractivity contribution is -0.122. The summed E-state index contributed by atoms with van der Waals surface area (Å²) in [5.41, 5.74) is 2.96. The maximum Gasteiger partial charge on any atom is 0.308 e. The van der Waals surface area contributed by atoms with Crippen molar-refractivity contribution in [3.05, 3.63) is 107 Å². The molecule has 1 fully saturated rings. The number of hydrogen-bond donors (Lipinski definition) is 1. The topological polar surface area (TPSA) is 88.5 Å². The van der Waals surface area contributed by atoms with E-state index in [0.29, 0.717) is 21.3 Å². The first kappa shape index (κ1) is 27.2. The second-order valence-electron chi connectivity index (χ2n) is 9.63. The van der Waals surface area contributed by atoms with Gasteiger partial charge in [-0.25, -0.2) is 4.90 Å². The van der Waals surface area contributed by atoms with Gasteiger partial charge in [-0.3, -0.25) is 23.7 Å². The zero-order valence-corrected chi connectivity index (χ0v) is 25.8. The molecule has 1 saturated heterocycles. The van der Waals surface area contributed by atoms with Gasteiger partial charge in [-0.1, -0.05) is 79.2 Å². The Labute approximate surface area is 254 Å². The third kappa shape index (κ3) is 4.89. The fourth-order valence-corrected chi connectivity index (χ4v) is 8.68. The lowest BCUT2D eigenvalue weighted by atomic mass is 9.83. The number of halogens is 2. The molecular formula is C29H21Br2N3O4S2. The van der Waals surface area contributed by atoms with Crippen molar-refractivity contribution in [1.82, 2.24) is 4.57 Å². The SMILES string of the molecule is Cc1cccc(NC(=O)Cn2c3c(sc2=O)C(c2cccc(Br)c2)C2C(=O)N(c4ccc(Br)cc4)C(=O)C2S3)c1. The maximum absolute atomic E-state index is 13.9. The Balaban J connectivity index is 1.41. The number of rotatable bonds is 5. The number of nitrogens with zero attached hydrogens (tertiary/aromatic N) is 2. The van der Waals surface area contributed by atoms with Crippen LogP contribution in [-0.4, -0.2) is 27.5 Å². The van der Waals surface area contributed by atoms with Crippen LogP contribution in [0.25, 0.3) is 0 Å². The van der Waals surface area contributed by atoms with Crippen LogP contribution in [0, 0.1) is 12.8 Å². The molecule has 3 amide bonds. The van der Waals surface area contributed by atoms with Gasteiger partial charge in [0.25, 0.3) is 0 Å². The van der Waals surface area contributed by atoms with Crippen LogP contribution in [0.1, 0.15) is 21.9 Å². The summed E-state index contributed by atoms with van der Waals surface area (Å²) in [5.74, 6) is -2.20. The molecule has 3 aromatic carbocycles. The van der Waals surface area contributed by atoms with Crippen molar-refractivity contribution in [1.29, 1.82) is 0 Å². The number of thiazole rings is 1. The van der Waals surface area contributed by atoms with E-state index in [1.54, 1.807) is 30.3 Å². The predicted octanol–water partition coefficient (Wildman–Crippen LogP) is 6.18. The fourth-order valence-electron chi connectivity index (χ4n) is 5.23. The van der Waals surface area contributed by atoms with Crippen molar-refractivity contribution in [2.45, 2.75) is 29.7 Å². The van der Waals surface area contributed by atoms with Crippen LogP contribution in [0.5, 0.6) is 0 Å². The molecule has 6 rings (SSSR count). The van der Waals surface area contributed by atoms with Gasteiger partial charge in [-0.15, -0.1) is 0 Å². The minimum atomic E-state index is -0.743. The fraction of sp³-hybridized carbons (Fsp3) is 0.172. The average Bonchev–Trinajstić information content (AvgIpc) is 3.35. The summed E-state index contributed by atoms with van der Waals surface area (Å²) in [5, 5.41) is 2.67. The van der Waals surface area contributed by atoms with Crippen LogP contribution < -0.4 is 15.1 Å². The Kier molecular flexibility index (Phi) is 7.32. The van der Waals surface area contributed by atoms with Crippen LogP contribution in [0.15, 0.2) is 91.6 Å². The number of carbonyl (C=O) groups is 3. The van der Waals surface area contributed by atoms with Crippen molar-refractivity contribution >= 4 is 84.1 Å². The number of fused-ring (bicyclic) bond motifs is 2. The van der Waals surface area contributed by atoms with E-state index >= 15 is 0 Å². The Bertz CT molecular complexity index is 1730. The van der Waals surface area contributed by atoms with E-state index in [2.05, 4.69) is 37.2 Å². The van der Waals surface area contributed by atoms with Crippen molar-refractivity contribution in [2.75, 3.05) is 10.2 Å². The van der Waals surface area contributed by atoms with E-state index in [9.17, 15) is 19.2 Å². The number of benzene rings is 3. The lowest BCUT2D eigenvalue weighted by Crippen LogP contribution is -2.33. The molecule has 3 unspecified atom stereocenters. The first-order valence-electron chi connectivity index (χ1n) is 12.4. The Morgan fingerprint density at radius 1 is 0.925 bits per heavy atom. The molecule has 11 heteroatoms. The molecule has 202 valence electrons. The van der Waals surface area contributed by atoms with Crippen LogP contribution in [-0.2, 0) is 20.9 Å². The van der Waals surface area contributed by atoms with Gasteiger partial charge in [0.2, 0.25) is 17.7 Å². The summed E-state index contributed by atoms with van der Waals surface area (Å²) < 4.78 is 3.09. The molecule has 7 nitrogen and oxygen atoms in total. The number of hydrogen-bond acceptors (Lipinski definition) is 6. The van der Waals surface area contributed by atoms with E-state index in [-0.39, 0.29) is 29.1 Å². The van der Waals surface area contributed by atoms with Gasteiger partial charge in [-0.05, 0) is 66.6 Å². The van der Waals surface area contributed by atoms with Gasteiger partial charge in [-0.2, -0.15) is 0 Å². The van der Waals surface area contributed by atoms with Gasteiger partial charge in [0, 0.05) is 25.4 Å².